The van der Waals surface area contributed by atoms with E-state index in [0.717, 1.165) is 12.1 Å². The number of carbonyl (C=O) groups is 2. The van der Waals surface area contributed by atoms with Crippen LogP contribution < -0.4 is 5.32 Å². The van der Waals surface area contributed by atoms with Crippen molar-refractivity contribution >= 4 is 11.9 Å². The number of hydrogen-bond acceptors (Lipinski definition) is 3. The molecule has 1 heterocycles. The second-order valence-corrected chi connectivity index (χ2v) is 4.30. The van der Waals surface area contributed by atoms with Crippen molar-refractivity contribution in [3.63, 3.8) is 0 Å². The van der Waals surface area contributed by atoms with Crippen LogP contribution in [0.1, 0.15) is 42.9 Å². The van der Waals surface area contributed by atoms with Crippen molar-refractivity contribution in [3.05, 3.63) is 17.5 Å². The summed E-state index contributed by atoms with van der Waals surface area (Å²) in [6.07, 6.45) is 1.24. The second kappa shape index (κ2) is 6.18. The fraction of sp³-hybridized carbons (Fsp3) is 0.583. The number of amides is 1. The van der Waals surface area contributed by atoms with E-state index in [9.17, 15) is 9.59 Å². The number of carboxylic acid groups (broad SMARTS) is 1. The molecule has 0 spiro atoms. The topological polar surface area (TPSA) is 84.2 Å². The Labute approximate surface area is 106 Å². The van der Waals surface area contributed by atoms with Gasteiger partial charge in [0.1, 0.15) is 5.69 Å². The van der Waals surface area contributed by atoms with Crippen molar-refractivity contribution in [3.8, 4) is 0 Å². The zero-order valence-corrected chi connectivity index (χ0v) is 10.9. The molecule has 1 aromatic rings. The Morgan fingerprint density at radius 1 is 1.56 bits per heavy atom. The average molecular weight is 253 g/mol. The van der Waals surface area contributed by atoms with Gasteiger partial charge >= 0.3 is 5.97 Å². The fourth-order valence-corrected chi connectivity index (χ4v) is 1.62. The van der Waals surface area contributed by atoms with Gasteiger partial charge < -0.3 is 10.4 Å². The van der Waals surface area contributed by atoms with Gasteiger partial charge in [0.25, 0.3) is 5.91 Å². The molecule has 2 N–H and O–H groups in total. The van der Waals surface area contributed by atoms with Crippen LogP contribution in [0, 0.1) is 0 Å². The molecule has 0 fully saturated rings. The smallest absolute Gasteiger partial charge is 0.303 e. The lowest BCUT2D eigenvalue weighted by atomic mass is 10.2. The van der Waals surface area contributed by atoms with Crippen molar-refractivity contribution in [2.45, 2.75) is 39.2 Å². The number of aliphatic carboxylic acids is 1. The highest BCUT2D eigenvalue weighted by Crippen LogP contribution is 2.05. The molecular formula is C12H19N3O3. The molecule has 1 atom stereocenters. The maximum atomic E-state index is 11.9. The molecule has 0 aromatic carbocycles. The van der Waals surface area contributed by atoms with Gasteiger partial charge in [-0.2, -0.15) is 5.10 Å². The Bertz CT molecular complexity index is 440. The Balaban J connectivity index is 2.58. The van der Waals surface area contributed by atoms with E-state index in [4.69, 9.17) is 5.11 Å². The number of nitrogens with one attached hydrogen (secondary N) is 1. The zero-order chi connectivity index (χ0) is 13.7. The first-order chi connectivity index (χ1) is 8.43. The SMILES string of the molecule is CCc1cc(C(=O)NC(C)CCC(=O)O)n(C)n1. The summed E-state index contributed by atoms with van der Waals surface area (Å²) in [6.45, 7) is 3.76. The molecule has 0 radical (unpaired) electrons. The molecular weight excluding hydrogens is 234 g/mol. The maximum absolute atomic E-state index is 11.9. The van der Waals surface area contributed by atoms with Crippen LogP contribution >= 0.6 is 0 Å². The standard InChI is InChI=1S/C12H19N3O3/c1-4-9-7-10(15(3)14-9)12(18)13-8(2)5-6-11(16)17/h7-8H,4-6H2,1-3H3,(H,13,18)(H,16,17). The molecule has 0 saturated heterocycles. The Kier molecular flexibility index (Phi) is 4.88. The van der Waals surface area contributed by atoms with Crippen molar-refractivity contribution < 1.29 is 14.7 Å². The largest absolute Gasteiger partial charge is 0.481 e. The molecule has 0 saturated carbocycles. The predicted molar refractivity (Wildman–Crippen MR) is 66.4 cm³/mol. The van der Waals surface area contributed by atoms with Gasteiger partial charge in [0.2, 0.25) is 0 Å². The van der Waals surface area contributed by atoms with Gasteiger partial charge in [-0.15, -0.1) is 0 Å². The summed E-state index contributed by atoms with van der Waals surface area (Å²) in [4.78, 5) is 22.4. The van der Waals surface area contributed by atoms with Crippen LogP contribution in [0.15, 0.2) is 6.07 Å². The lowest BCUT2D eigenvalue weighted by molar-refractivity contribution is -0.137. The molecule has 18 heavy (non-hydrogen) atoms. The van der Waals surface area contributed by atoms with E-state index < -0.39 is 5.97 Å². The van der Waals surface area contributed by atoms with Crippen LogP contribution in [0.25, 0.3) is 0 Å². The summed E-state index contributed by atoms with van der Waals surface area (Å²) in [6, 6.07) is 1.58. The van der Waals surface area contributed by atoms with Crippen molar-refractivity contribution in [2.75, 3.05) is 0 Å². The molecule has 1 rings (SSSR count). The summed E-state index contributed by atoms with van der Waals surface area (Å²) in [5, 5.41) is 15.5. The number of nitrogens with zero attached hydrogens (tertiary/aromatic N) is 2. The third-order valence-corrected chi connectivity index (χ3v) is 2.69. The minimum Gasteiger partial charge on any atom is -0.481 e. The molecule has 1 amide bonds. The van der Waals surface area contributed by atoms with Gasteiger partial charge in [0.05, 0.1) is 5.69 Å². The van der Waals surface area contributed by atoms with Gasteiger partial charge in [-0.3, -0.25) is 14.3 Å². The number of aromatic nitrogens is 2. The molecule has 6 heteroatoms. The minimum absolute atomic E-state index is 0.0487. The number of hydrogen-bond donors (Lipinski definition) is 2. The molecule has 6 nitrogen and oxygen atoms in total. The highest BCUT2D eigenvalue weighted by atomic mass is 16.4. The van der Waals surface area contributed by atoms with Crippen LogP contribution in [0.3, 0.4) is 0 Å². The first kappa shape index (κ1) is 14.2. The quantitative estimate of drug-likeness (QED) is 0.791. The van der Waals surface area contributed by atoms with Crippen LogP contribution in [0.2, 0.25) is 0 Å². The third kappa shape index (κ3) is 3.87. The lowest BCUT2D eigenvalue weighted by Gasteiger charge is -2.12. The highest BCUT2D eigenvalue weighted by molar-refractivity contribution is 5.92. The number of carbonyl (C=O) groups excluding carboxylic acids is 1. The summed E-state index contributed by atoms with van der Waals surface area (Å²) < 4.78 is 1.54. The van der Waals surface area contributed by atoms with Crippen LogP contribution in [0.4, 0.5) is 0 Å². The van der Waals surface area contributed by atoms with Gasteiger partial charge in [-0.1, -0.05) is 6.92 Å². The Hall–Kier alpha value is -1.85. The first-order valence-corrected chi connectivity index (χ1v) is 5.99. The fourth-order valence-electron chi connectivity index (χ4n) is 1.62. The summed E-state index contributed by atoms with van der Waals surface area (Å²) in [7, 11) is 1.72. The van der Waals surface area contributed by atoms with Gasteiger partial charge in [0.15, 0.2) is 0 Å². The number of carboxylic acids is 1. The highest BCUT2D eigenvalue weighted by Gasteiger charge is 2.15. The van der Waals surface area contributed by atoms with Crippen molar-refractivity contribution in [1.29, 1.82) is 0 Å². The van der Waals surface area contributed by atoms with Crippen LogP contribution in [-0.2, 0) is 18.3 Å². The van der Waals surface area contributed by atoms with E-state index in [1.165, 1.54) is 4.68 Å². The molecule has 100 valence electrons. The zero-order valence-electron chi connectivity index (χ0n) is 10.9. The van der Waals surface area contributed by atoms with Crippen molar-refractivity contribution in [2.24, 2.45) is 7.05 Å². The third-order valence-electron chi connectivity index (χ3n) is 2.69. The van der Waals surface area contributed by atoms with Gasteiger partial charge in [-0.25, -0.2) is 0 Å². The molecule has 0 bridgehead atoms. The first-order valence-electron chi connectivity index (χ1n) is 5.99. The maximum Gasteiger partial charge on any atom is 0.303 e. The summed E-state index contributed by atoms with van der Waals surface area (Å²) in [5.41, 5.74) is 1.36. The van der Waals surface area contributed by atoms with Crippen molar-refractivity contribution in [1.82, 2.24) is 15.1 Å². The van der Waals surface area contributed by atoms with E-state index >= 15 is 0 Å². The van der Waals surface area contributed by atoms with E-state index in [-0.39, 0.29) is 18.4 Å². The predicted octanol–water partition coefficient (Wildman–Crippen LogP) is 0.966. The van der Waals surface area contributed by atoms with E-state index in [1.54, 1.807) is 20.0 Å². The molecule has 0 aliphatic heterocycles. The van der Waals surface area contributed by atoms with E-state index in [2.05, 4.69) is 10.4 Å². The van der Waals surface area contributed by atoms with Gasteiger partial charge in [-0.05, 0) is 25.8 Å². The normalized spacial score (nSPS) is 12.2. The van der Waals surface area contributed by atoms with Crippen LogP contribution in [0.5, 0.6) is 0 Å². The second-order valence-electron chi connectivity index (χ2n) is 4.30. The molecule has 0 aliphatic carbocycles. The Morgan fingerprint density at radius 2 is 2.22 bits per heavy atom. The van der Waals surface area contributed by atoms with E-state index in [0.29, 0.717) is 12.1 Å². The number of aryl methyl sites for hydroxylation is 2. The summed E-state index contributed by atoms with van der Waals surface area (Å²) in [5.74, 6) is -1.08. The summed E-state index contributed by atoms with van der Waals surface area (Å²) >= 11 is 0. The molecule has 1 aromatic heterocycles. The lowest BCUT2D eigenvalue weighted by Crippen LogP contribution is -2.34. The van der Waals surface area contributed by atoms with E-state index in [1.807, 2.05) is 6.92 Å². The Morgan fingerprint density at radius 3 is 2.72 bits per heavy atom. The number of rotatable bonds is 6. The monoisotopic (exact) mass is 253 g/mol. The molecule has 0 aliphatic rings. The minimum atomic E-state index is -0.857. The molecule has 1 unspecified atom stereocenters. The average Bonchev–Trinajstić information content (AvgIpc) is 2.68. The van der Waals surface area contributed by atoms with Crippen LogP contribution in [-0.4, -0.2) is 32.8 Å². The van der Waals surface area contributed by atoms with Gasteiger partial charge in [0, 0.05) is 19.5 Å².